The van der Waals surface area contributed by atoms with E-state index >= 15 is 0 Å². The van der Waals surface area contributed by atoms with Gasteiger partial charge >= 0.3 is 5.97 Å². The molecule has 1 N–H and O–H groups in total. The van der Waals surface area contributed by atoms with Crippen LogP contribution in [-0.2, 0) is 4.79 Å². The van der Waals surface area contributed by atoms with Crippen molar-refractivity contribution >= 4 is 33.7 Å². The van der Waals surface area contributed by atoms with Gasteiger partial charge in [0.25, 0.3) is 0 Å². The fourth-order valence-electron chi connectivity index (χ4n) is 2.73. The highest BCUT2D eigenvalue weighted by atomic mass is 79.9. The van der Waals surface area contributed by atoms with Crippen molar-refractivity contribution in [2.45, 2.75) is 18.9 Å². The van der Waals surface area contributed by atoms with Gasteiger partial charge in [0.15, 0.2) is 0 Å². The van der Waals surface area contributed by atoms with Crippen LogP contribution in [0.1, 0.15) is 18.4 Å². The lowest BCUT2D eigenvalue weighted by molar-refractivity contribution is -0.131. The van der Waals surface area contributed by atoms with Crippen LogP contribution in [0.4, 0.5) is 5.69 Å². The van der Waals surface area contributed by atoms with Crippen LogP contribution >= 0.6 is 15.9 Å². The zero-order valence-electron chi connectivity index (χ0n) is 12.4. The Bertz CT molecular complexity index is 545. The minimum atomic E-state index is -0.933. The second-order valence-corrected chi connectivity index (χ2v) is 6.41. The number of likely N-dealkylation sites (N-methyl/N-ethyl adjacent to an activating group) is 2. The van der Waals surface area contributed by atoms with Crippen LogP contribution in [0.2, 0.25) is 0 Å². The molecule has 2 rings (SSSR count). The lowest BCUT2D eigenvalue weighted by atomic mass is 10.0. The maximum Gasteiger partial charge on any atom is 0.328 e. The number of hydrogen-bond donors (Lipinski definition) is 1. The van der Waals surface area contributed by atoms with E-state index in [1.165, 1.54) is 19.4 Å². The number of piperidine rings is 1. The van der Waals surface area contributed by atoms with Crippen LogP contribution < -0.4 is 4.90 Å². The number of carboxylic acid groups (broad SMARTS) is 1. The van der Waals surface area contributed by atoms with E-state index in [1.54, 1.807) is 6.08 Å². The van der Waals surface area contributed by atoms with Gasteiger partial charge in [-0.25, -0.2) is 4.79 Å². The number of rotatable bonds is 4. The maximum absolute atomic E-state index is 10.6. The van der Waals surface area contributed by atoms with Gasteiger partial charge in [-0.05, 0) is 66.1 Å². The van der Waals surface area contributed by atoms with Crippen molar-refractivity contribution in [2.75, 3.05) is 32.1 Å². The van der Waals surface area contributed by atoms with Crippen LogP contribution in [0.3, 0.4) is 0 Å². The first kappa shape index (κ1) is 16.0. The van der Waals surface area contributed by atoms with E-state index in [9.17, 15) is 4.79 Å². The number of halogens is 1. The standard InChI is InChI=1S/C16H21BrN2O2/c1-18-9-3-4-13(11-18)19(2)15-7-5-12(10-14(15)17)6-8-16(20)21/h5-8,10,13H,3-4,9,11H2,1-2H3,(H,20,21)/b8-6+. The van der Waals surface area contributed by atoms with Gasteiger partial charge in [0.05, 0.1) is 5.69 Å². The van der Waals surface area contributed by atoms with Crippen molar-refractivity contribution < 1.29 is 9.90 Å². The predicted octanol–water partition coefficient (Wildman–Crippen LogP) is 3.08. The van der Waals surface area contributed by atoms with Crippen molar-refractivity contribution in [3.8, 4) is 0 Å². The molecule has 1 atom stereocenters. The van der Waals surface area contributed by atoms with Crippen molar-refractivity contribution in [3.63, 3.8) is 0 Å². The second kappa shape index (κ2) is 7.09. The largest absolute Gasteiger partial charge is 0.478 e. The zero-order valence-corrected chi connectivity index (χ0v) is 14.0. The minimum absolute atomic E-state index is 0.514. The normalized spacial score (nSPS) is 19.9. The summed E-state index contributed by atoms with van der Waals surface area (Å²) in [6.07, 6.45) is 5.18. The van der Waals surface area contributed by atoms with E-state index in [0.29, 0.717) is 6.04 Å². The Hall–Kier alpha value is -1.33. The first-order valence-electron chi connectivity index (χ1n) is 7.09. The molecule has 1 aromatic carbocycles. The summed E-state index contributed by atoms with van der Waals surface area (Å²) >= 11 is 3.60. The van der Waals surface area contributed by atoms with E-state index < -0.39 is 5.97 Å². The molecule has 0 amide bonds. The molecule has 1 fully saturated rings. The molecule has 0 spiro atoms. The van der Waals surface area contributed by atoms with Crippen molar-refractivity contribution in [1.82, 2.24) is 4.90 Å². The molecule has 0 saturated carbocycles. The molecule has 1 saturated heterocycles. The SMILES string of the molecule is CN1CCCC(N(C)c2ccc(/C=C/C(=O)O)cc2Br)C1. The van der Waals surface area contributed by atoms with Gasteiger partial charge in [0.1, 0.15) is 0 Å². The molecular weight excluding hydrogens is 332 g/mol. The molecule has 0 radical (unpaired) electrons. The van der Waals surface area contributed by atoms with Crippen molar-refractivity contribution in [1.29, 1.82) is 0 Å². The minimum Gasteiger partial charge on any atom is -0.478 e. The van der Waals surface area contributed by atoms with Gasteiger partial charge in [0.2, 0.25) is 0 Å². The van der Waals surface area contributed by atoms with Gasteiger partial charge in [-0.2, -0.15) is 0 Å². The van der Waals surface area contributed by atoms with Crippen LogP contribution in [0.5, 0.6) is 0 Å². The van der Waals surface area contributed by atoms with Gasteiger partial charge in [-0.3, -0.25) is 0 Å². The third-order valence-electron chi connectivity index (χ3n) is 3.92. The summed E-state index contributed by atoms with van der Waals surface area (Å²) in [5.74, 6) is -0.933. The third kappa shape index (κ3) is 4.32. The summed E-state index contributed by atoms with van der Waals surface area (Å²) in [6.45, 7) is 2.24. The van der Waals surface area contributed by atoms with E-state index in [-0.39, 0.29) is 0 Å². The van der Waals surface area contributed by atoms with Gasteiger partial charge in [-0.15, -0.1) is 0 Å². The van der Waals surface area contributed by atoms with Gasteiger partial charge in [-0.1, -0.05) is 6.07 Å². The molecule has 0 aliphatic carbocycles. The van der Waals surface area contributed by atoms with E-state index in [1.807, 2.05) is 18.2 Å². The topological polar surface area (TPSA) is 43.8 Å². The summed E-state index contributed by atoms with van der Waals surface area (Å²) in [7, 11) is 4.28. The van der Waals surface area contributed by atoms with Crippen molar-refractivity contribution in [3.05, 3.63) is 34.3 Å². The number of anilines is 1. The number of nitrogens with zero attached hydrogens (tertiary/aromatic N) is 2. The van der Waals surface area contributed by atoms with E-state index in [2.05, 4.69) is 39.8 Å². The maximum atomic E-state index is 10.6. The number of likely N-dealkylation sites (tertiary alicyclic amines) is 1. The van der Waals surface area contributed by atoms with Gasteiger partial charge in [0, 0.05) is 30.2 Å². The molecule has 5 heteroatoms. The molecule has 1 aliphatic rings. The Morgan fingerprint density at radius 2 is 2.29 bits per heavy atom. The first-order valence-corrected chi connectivity index (χ1v) is 7.88. The molecule has 21 heavy (non-hydrogen) atoms. The highest BCUT2D eigenvalue weighted by molar-refractivity contribution is 9.10. The molecule has 1 aromatic rings. The molecular formula is C16H21BrN2O2. The lowest BCUT2D eigenvalue weighted by Crippen LogP contribution is -2.45. The molecule has 1 aliphatic heterocycles. The first-order chi connectivity index (χ1) is 9.97. The number of carboxylic acids is 1. The monoisotopic (exact) mass is 352 g/mol. The summed E-state index contributed by atoms with van der Waals surface area (Å²) in [5, 5.41) is 8.67. The van der Waals surface area contributed by atoms with Gasteiger partial charge < -0.3 is 14.9 Å². The highest BCUT2D eigenvalue weighted by Crippen LogP contribution is 2.30. The second-order valence-electron chi connectivity index (χ2n) is 5.55. The lowest BCUT2D eigenvalue weighted by Gasteiger charge is -2.37. The summed E-state index contributed by atoms with van der Waals surface area (Å²) in [5.41, 5.74) is 2.02. The average Bonchev–Trinajstić information content (AvgIpc) is 2.44. The number of aliphatic carboxylic acids is 1. The number of carbonyl (C=O) groups is 1. The Balaban J connectivity index is 2.14. The predicted molar refractivity (Wildman–Crippen MR) is 89.7 cm³/mol. The Labute approximate surface area is 134 Å². The Kier molecular flexibility index (Phi) is 5.42. The van der Waals surface area contributed by atoms with Crippen LogP contribution in [0.25, 0.3) is 6.08 Å². The van der Waals surface area contributed by atoms with E-state index in [4.69, 9.17) is 5.11 Å². The molecule has 0 bridgehead atoms. The summed E-state index contributed by atoms with van der Waals surface area (Å²) in [6, 6.07) is 6.46. The fourth-order valence-corrected chi connectivity index (χ4v) is 3.41. The molecule has 4 nitrogen and oxygen atoms in total. The molecule has 114 valence electrons. The number of benzene rings is 1. The highest BCUT2D eigenvalue weighted by Gasteiger charge is 2.22. The quantitative estimate of drug-likeness (QED) is 0.845. The van der Waals surface area contributed by atoms with Crippen LogP contribution in [-0.4, -0.2) is 49.2 Å². The smallest absolute Gasteiger partial charge is 0.328 e. The van der Waals surface area contributed by atoms with Crippen LogP contribution in [0, 0.1) is 0 Å². The third-order valence-corrected chi connectivity index (χ3v) is 4.55. The number of hydrogen-bond acceptors (Lipinski definition) is 3. The molecule has 1 heterocycles. The Morgan fingerprint density at radius 3 is 2.90 bits per heavy atom. The molecule has 1 unspecified atom stereocenters. The fraction of sp³-hybridized carbons (Fsp3) is 0.438. The van der Waals surface area contributed by atoms with Crippen LogP contribution in [0.15, 0.2) is 28.7 Å². The summed E-state index contributed by atoms with van der Waals surface area (Å²) < 4.78 is 0.991. The Morgan fingerprint density at radius 1 is 1.52 bits per heavy atom. The summed E-state index contributed by atoms with van der Waals surface area (Å²) in [4.78, 5) is 15.2. The van der Waals surface area contributed by atoms with Crippen molar-refractivity contribution in [2.24, 2.45) is 0 Å². The molecule has 0 aromatic heterocycles. The van der Waals surface area contributed by atoms with E-state index in [0.717, 1.165) is 28.3 Å². The average molecular weight is 353 g/mol. The zero-order chi connectivity index (χ0) is 15.4.